The summed E-state index contributed by atoms with van der Waals surface area (Å²) in [7, 11) is 3.54. The van der Waals surface area contributed by atoms with Crippen molar-refractivity contribution >= 4 is 28.5 Å². The monoisotopic (exact) mass is 456 g/mol. The lowest BCUT2D eigenvalue weighted by Gasteiger charge is -2.11. The summed E-state index contributed by atoms with van der Waals surface area (Å²) in [4.78, 5) is 13.8. The lowest BCUT2D eigenvalue weighted by Crippen LogP contribution is -2.03. The number of pyridine rings is 1. The molecule has 5 rings (SSSR count). The predicted octanol–water partition coefficient (Wildman–Crippen LogP) is 5.37. The van der Waals surface area contributed by atoms with Crippen LogP contribution in [0.4, 0.5) is 5.82 Å². The molecule has 0 radical (unpaired) electrons. The summed E-state index contributed by atoms with van der Waals surface area (Å²) in [6.45, 7) is 0.563. The number of aromatic nitrogens is 5. The van der Waals surface area contributed by atoms with E-state index in [2.05, 4.69) is 20.4 Å². The summed E-state index contributed by atoms with van der Waals surface area (Å²) < 4.78 is 7.01. The number of rotatable bonds is 6. The number of benzene rings is 2. The van der Waals surface area contributed by atoms with Gasteiger partial charge in [0.2, 0.25) is 0 Å². The van der Waals surface area contributed by atoms with Gasteiger partial charge in [-0.2, -0.15) is 5.10 Å². The standard InChI is InChI=1S/C25H21ClN6O/c1-32-14-19(22(31-32)17-6-4-3-5-7-17)23-24-21(28-15-29-23)12-20(26)25(30-24)27-13-16-8-10-18(33-2)11-9-16/h3-12,14-15H,13H2,1-2H3,(H,27,30). The van der Waals surface area contributed by atoms with Gasteiger partial charge in [0, 0.05) is 30.9 Å². The molecule has 0 aliphatic rings. The first-order valence-corrected chi connectivity index (χ1v) is 10.8. The van der Waals surface area contributed by atoms with E-state index in [4.69, 9.17) is 21.3 Å². The van der Waals surface area contributed by atoms with Crippen molar-refractivity contribution in [3.8, 4) is 28.3 Å². The van der Waals surface area contributed by atoms with Gasteiger partial charge in [0.1, 0.15) is 34.8 Å². The molecular weight excluding hydrogens is 436 g/mol. The number of fused-ring (bicyclic) bond motifs is 1. The third-order valence-electron chi connectivity index (χ3n) is 5.31. The number of hydrogen-bond acceptors (Lipinski definition) is 6. The van der Waals surface area contributed by atoms with Gasteiger partial charge in [-0.25, -0.2) is 15.0 Å². The number of anilines is 1. The predicted molar refractivity (Wildman–Crippen MR) is 130 cm³/mol. The van der Waals surface area contributed by atoms with Crippen LogP contribution in [0.2, 0.25) is 5.02 Å². The Labute approximate surface area is 196 Å². The number of methoxy groups -OCH3 is 1. The van der Waals surface area contributed by atoms with Crippen molar-refractivity contribution in [1.82, 2.24) is 24.7 Å². The Hall–Kier alpha value is -3.97. The topological polar surface area (TPSA) is 77.8 Å². The molecule has 0 saturated carbocycles. The fraction of sp³-hybridized carbons (Fsp3) is 0.120. The Morgan fingerprint density at radius 2 is 1.79 bits per heavy atom. The number of halogens is 1. The molecule has 0 spiro atoms. The van der Waals surface area contributed by atoms with Crippen molar-refractivity contribution < 1.29 is 4.74 Å². The second-order valence-corrected chi connectivity index (χ2v) is 7.95. The molecule has 0 aliphatic heterocycles. The van der Waals surface area contributed by atoms with E-state index in [9.17, 15) is 0 Å². The van der Waals surface area contributed by atoms with Crippen molar-refractivity contribution in [2.45, 2.75) is 6.54 Å². The molecule has 164 valence electrons. The van der Waals surface area contributed by atoms with Gasteiger partial charge in [0.25, 0.3) is 0 Å². The van der Waals surface area contributed by atoms with E-state index >= 15 is 0 Å². The molecule has 0 saturated heterocycles. The number of nitrogens with one attached hydrogen (secondary N) is 1. The summed E-state index contributed by atoms with van der Waals surface area (Å²) >= 11 is 6.52. The normalized spacial score (nSPS) is 11.0. The first kappa shape index (κ1) is 20.9. The minimum Gasteiger partial charge on any atom is -0.497 e. The van der Waals surface area contributed by atoms with Crippen LogP contribution in [0.1, 0.15) is 5.56 Å². The minimum absolute atomic E-state index is 0.495. The molecule has 0 bridgehead atoms. The molecule has 7 nitrogen and oxygen atoms in total. The summed E-state index contributed by atoms with van der Waals surface area (Å²) in [5, 5.41) is 8.49. The Morgan fingerprint density at radius 3 is 2.55 bits per heavy atom. The minimum atomic E-state index is 0.495. The smallest absolute Gasteiger partial charge is 0.146 e. The van der Waals surface area contributed by atoms with E-state index in [1.54, 1.807) is 11.8 Å². The molecule has 1 N–H and O–H groups in total. The average Bonchev–Trinajstić information content (AvgIpc) is 3.24. The van der Waals surface area contributed by atoms with Gasteiger partial charge >= 0.3 is 0 Å². The molecule has 0 aliphatic carbocycles. The Kier molecular flexibility index (Phi) is 5.62. The Bertz CT molecular complexity index is 1420. The highest BCUT2D eigenvalue weighted by Gasteiger charge is 2.18. The van der Waals surface area contributed by atoms with Crippen LogP contribution in [-0.2, 0) is 13.6 Å². The molecular formula is C25H21ClN6O. The molecule has 8 heteroatoms. The van der Waals surface area contributed by atoms with Crippen molar-refractivity contribution in [1.29, 1.82) is 0 Å². The van der Waals surface area contributed by atoms with Gasteiger partial charge in [-0.3, -0.25) is 4.68 Å². The first-order valence-electron chi connectivity index (χ1n) is 10.4. The van der Waals surface area contributed by atoms with Crippen LogP contribution in [-0.4, -0.2) is 31.8 Å². The molecule has 3 heterocycles. The van der Waals surface area contributed by atoms with Crippen LogP contribution in [0.15, 0.2) is 73.2 Å². The van der Waals surface area contributed by atoms with E-state index in [1.807, 2.05) is 73.9 Å². The summed E-state index contributed by atoms with van der Waals surface area (Å²) in [6.07, 6.45) is 3.48. The number of aryl methyl sites for hydroxylation is 1. The Morgan fingerprint density at radius 1 is 1.00 bits per heavy atom. The quantitative estimate of drug-likeness (QED) is 0.370. The number of nitrogens with zero attached hydrogens (tertiary/aromatic N) is 5. The van der Waals surface area contributed by atoms with Gasteiger partial charge in [-0.15, -0.1) is 0 Å². The van der Waals surface area contributed by atoms with Gasteiger partial charge in [-0.05, 0) is 23.8 Å². The SMILES string of the molecule is COc1ccc(CNc2nc3c(-c4cn(C)nc4-c4ccccc4)ncnc3cc2Cl)cc1. The molecule has 2 aromatic carbocycles. The zero-order valence-corrected chi connectivity index (χ0v) is 18.9. The lowest BCUT2D eigenvalue weighted by molar-refractivity contribution is 0.414. The molecule has 3 aromatic heterocycles. The lowest BCUT2D eigenvalue weighted by atomic mass is 10.0. The third-order valence-corrected chi connectivity index (χ3v) is 5.60. The van der Waals surface area contributed by atoms with Crippen molar-refractivity contribution in [3.05, 3.63) is 83.8 Å². The van der Waals surface area contributed by atoms with Crippen molar-refractivity contribution in [2.75, 3.05) is 12.4 Å². The molecule has 0 fully saturated rings. The zero-order chi connectivity index (χ0) is 22.8. The maximum atomic E-state index is 6.52. The molecule has 5 aromatic rings. The van der Waals surface area contributed by atoms with Crippen LogP contribution in [0.5, 0.6) is 5.75 Å². The fourth-order valence-electron chi connectivity index (χ4n) is 3.68. The van der Waals surface area contributed by atoms with Gasteiger partial charge in [-0.1, -0.05) is 54.1 Å². The van der Waals surface area contributed by atoms with Crippen LogP contribution in [0, 0.1) is 0 Å². The summed E-state index contributed by atoms with van der Waals surface area (Å²) in [5.74, 6) is 1.38. The molecule has 0 atom stereocenters. The van der Waals surface area contributed by atoms with E-state index in [1.165, 1.54) is 6.33 Å². The number of ether oxygens (including phenoxy) is 1. The van der Waals surface area contributed by atoms with Gasteiger partial charge in [0.15, 0.2) is 0 Å². The largest absolute Gasteiger partial charge is 0.497 e. The van der Waals surface area contributed by atoms with Crippen LogP contribution in [0.3, 0.4) is 0 Å². The Balaban J connectivity index is 1.55. The highest BCUT2D eigenvalue weighted by atomic mass is 35.5. The fourth-order valence-corrected chi connectivity index (χ4v) is 3.90. The van der Waals surface area contributed by atoms with Crippen LogP contribution >= 0.6 is 11.6 Å². The van der Waals surface area contributed by atoms with Gasteiger partial charge < -0.3 is 10.1 Å². The second kappa shape index (κ2) is 8.88. The summed E-state index contributed by atoms with van der Waals surface area (Å²) in [6, 6.07) is 19.7. The van der Waals surface area contributed by atoms with E-state index in [0.717, 1.165) is 28.1 Å². The van der Waals surface area contributed by atoms with Crippen LogP contribution in [0.25, 0.3) is 33.5 Å². The second-order valence-electron chi connectivity index (χ2n) is 7.54. The highest BCUT2D eigenvalue weighted by molar-refractivity contribution is 6.33. The molecule has 0 amide bonds. The maximum absolute atomic E-state index is 6.52. The molecule has 0 unspecified atom stereocenters. The average molecular weight is 457 g/mol. The highest BCUT2D eigenvalue weighted by Crippen LogP contribution is 2.34. The van der Waals surface area contributed by atoms with Crippen LogP contribution < -0.4 is 10.1 Å². The van der Waals surface area contributed by atoms with E-state index < -0.39 is 0 Å². The van der Waals surface area contributed by atoms with Crippen molar-refractivity contribution in [2.24, 2.45) is 7.05 Å². The first-order chi connectivity index (χ1) is 16.1. The van der Waals surface area contributed by atoms with E-state index in [0.29, 0.717) is 34.1 Å². The summed E-state index contributed by atoms with van der Waals surface area (Å²) in [5.41, 5.74) is 5.83. The zero-order valence-electron chi connectivity index (χ0n) is 18.2. The molecule has 33 heavy (non-hydrogen) atoms. The third kappa shape index (κ3) is 4.23. The van der Waals surface area contributed by atoms with Crippen molar-refractivity contribution in [3.63, 3.8) is 0 Å². The van der Waals surface area contributed by atoms with Gasteiger partial charge in [0.05, 0.1) is 17.6 Å². The van der Waals surface area contributed by atoms with E-state index in [-0.39, 0.29) is 0 Å². The number of hydrogen-bond donors (Lipinski definition) is 1. The maximum Gasteiger partial charge on any atom is 0.146 e.